The number of rotatable bonds is 3. The Balaban J connectivity index is 2.06. The van der Waals surface area contributed by atoms with Crippen LogP contribution in [-0.2, 0) is 6.54 Å². The maximum Gasteiger partial charge on any atom is 0.0991 e. The predicted octanol–water partition coefficient (Wildman–Crippen LogP) is 1.51. The van der Waals surface area contributed by atoms with Crippen molar-refractivity contribution in [1.82, 2.24) is 4.90 Å². The predicted molar refractivity (Wildman–Crippen MR) is 61.7 cm³/mol. The van der Waals surface area contributed by atoms with Gasteiger partial charge in [0.05, 0.1) is 18.2 Å². The van der Waals surface area contributed by atoms with E-state index >= 15 is 0 Å². The number of benzene rings is 1. The normalized spacial score (nSPS) is 20.9. The smallest absolute Gasteiger partial charge is 0.0991 e. The summed E-state index contributed by atoms with van der Waals surface area (Å²) in [6.07, 6.45) is 2.23. The van der Waals surface area contributed by atoms with Crippen LogP contribution in [0.1, 0.15) is 24.0 Å². The lowest BCUT2D eigenvalue weighted by Gasteiger charge is -2.22. The molecule has 0 spiro atoms. The molecule has 3 nitrogen and oxygen atoms in total. The van der Waals surface area contributed by atoms with E-state index < -0.39 is 0 Å². The first-order valence-electron chi connectivity index (χ1n) is 5.67. The summed E-state index contributed by atoms with van der Waals surface area (Å²) < 4.78 is 0. The summed E-state index contributed by atoms with van der Waals surface area (Å²) in [5, 5.41) is 18.0. The van der Waals surface area contributed by atoms with E-state index in [1.807, 2.05) is 24.3 Å². The van der Waals surface area contributed by atoms with Gasteiger partial charge in [-0.05, 0) is 37.1 Å². The van der Waals surface area contributed by atoms with E-state index in [-0.39, 0.29) is 6.61 Å². The van der Waals surface area contributed by atoms with Crippen LogP contribution in [0.4, 0.5) is 0 Å². The first-order valence-corrected chi connectivity index (χ1v) is 5.67. The summed E-state index contributed by atoms with van der Waals surface area (Å²) >= 11 is 0. The number of aliphatic hydroxyl groups excluding tert-OH is 1. The highest BCUT2D eigenvalue weighted by Gasteiger charge is 2.23. The molecule has 3 heteroatoms. The molecule has 0 saturated carbocycles. The van der Waals surface area contributed by atoms with E-state index in [1.165, 1.54) is 0 Å². The first-order chi connectivity index (χ1) is 7.83. The highest BCUT2D eigenvalue weighted by molar-refractivity contribution is 5.32. The Morgan fingerprint density at radius 1 is 1.50 bits per heavy atom. The summed E-state index contributed by atoms with van der Waals surface area (Å²) in [5.74, 6) is 0. The van der Waals surface area contributed by atoms with Gasteiger partial charge < -0.3 is 5.11 Å². The van der Waals surface area contributed by atoms with E-state index in [0.717, 1.165) is 31.5 Å². The lowest BCUT2D eigenvalue weighted by Crippen LogP contribution is -2.31. The zero-order chi connectivity index (χ0) is 11.4. The molecule has 1 aliphatic rings. The Kier molecular flexibility index (Phi) is 3.55. The lowest BCUT2D eigenvalue weighted by molar-refractivity contribution is 0.153. The summed E-state index contributed by atoms with van der Waals surface area (Å²) in [6, 6.07) is 10.1. The molecule has 1 N–H and O–H groups in total. The Morgan fingerprint density at radius 2 is 2.38 bits per heavy atom. The molecule has 0 aromatic heterocycles. The van der Waals surface area contributed by atoms with E-state index in [2.05, 4.69) is 11.0 Å². The van der Waals surface area contributed by atoms with Crippen LogP contribution < -0.4 is 0 Å². The SMILES string of the molecule is N#Cc1cccc(CN2CCC[C@@H]2CO)c1. The number of nitriles is 1. The van der Waals surface area contributed by atoms with Gasteiger partial charge in [-0.25, -0.2) is 0 Å². The van der Waals surface area contributed by atoms with Gasteiger partial charge in [0.1, 0.15) is 0 Å². The molecular formula is C13H16N2O. The topological polar surface area (TPSA) is 47.3 Å². The summed E-state index contributed by atoms with van der Waals surface area (Å²) in [6.45, 7) is 2.11. The third-order valence-corrected chi connectivity index (χ3v) is 3.15. The van der Waals surface area contributed by atoms with Crippen molar-refractivity contribution in [3.05, 3.63) is 35.4 Å². The zero-order valence-electron chi connectivity index (χ0n) is 9.26. The van der Waals surface area contributed by atoms with E-state index in [4.69, 9.17) is 5.26 Å². The van der Waals surface area contributed by atoms with Crippen LogP contribution in [0.2, 0.25) is 0 Å². The zero-order valence-corrected chi connectivity index (χ0v) is 9.26. The third-order valence-electron chi connectivity index (χ3n) is 3.15. The minimum Gasteiger partial charge on any atom is -0.395 e. The molecular weight excluding hydrogens is 200 g/mol. The van der Waals surface area contributed by atoms with Crippen molar-refractivity contribution in [2.75, 3.05) is 13.2 Å². The molecule has 1 saturated heterocycles. The van der Waals surface area contributed by atoms with Crippen molar-refractivity contribution in [1.29, 1.82) is 5.26 Å². The molecule has 1 fully saturated rings. The number of aliphatic hydroxyl groups is 1. The lowest BCUT2D eigenvalue weighted by atomic mass is 10.1. The van der Waals surface area contributed by atoms with Gasteiger partial charge in [-0.3, -0.25) is 4.90 Å². The molecule has 0 aliphatic carbocycles. The molecule has 0 unspecified atom stereocenters. The second-order valence-electron chi connectivity index (χ2n) is 4.26. The molecule has 16 heavy (non-hydrogen) atoms. The molecule has 0 amide bonds. The van der Waals surface area contributed by atoms with Crippen molar-refractivity contribution in [3.8, 4) is 6.07 Å². The number of nitrogens with zero attached hydrogens (tertiary/aromatic N) is 2. The van der Waals surface area contributed by atoms with Crippen LogP contribution >= 0.6 is 0 Å². The molecule has 1 aromatic rings. The van der Waals surface area contributed by atoms with E-state index in [0.29, 0.717) is 11.6 Å². The third kappa shape index (κ3) is 2.41. The fourth-order valence-corrected chi connectivity index (χ4v) is 2.28. The second kappa shape index (κ2) is 5.11. The fourth-order valence-electron chi connectivity index (χ4n) is 2.28. The van der Waals surface area contributed by atoms with Gasteiger partial charge in [-0.1, -0.05) is 12.1 Å². The van der Waals surface area contributed by atoms with Crippen LogP contribution in [-0.4, -0.2) is 29.2 Å². The number of hydrogen-bond acceptors (Lipinski definition) is 3. The minimum absolute atomic E-state index is 0.234. The van der Waals surface area contributed by atoms with Gasteiger partial charge in [0.2, 0.25) is 0 Å². The number of likely N-dealkylation sites (tertiary alicyclic amines) is 1. The summed E-state index contributed by atoms with van der Waals surface area (Å²) in [5.41, 5.74) is 1.86. The Bertz CT molecular complexity index is 397. The standard InChI is InChI=1S/C13H16N2O/c14-8-11-3-1-4-12(7-11)9-15-6-2-5-13(15)10-16/h1,3-4,7,13,16H,2,5-6,9-10H2/t13-/m1/s1. The first kappa shape index (κ1) is 11.1. The monoisotopic (exact) mass is 216 g/mol. The average molecular weight is 216 g/mol. The van der Waals surface area contributed by atoms with Crippen molar-refractivity contribution in [2.45, 2.75) is 25.4 Å². The van der Waals surface area contributed by atoms with E-state index in [9.17, 15) is 5.11 Å². The van der Waals surface area contributed by atoms with Crippen LogP contribution in [0, 0.1) is 11.3 Å². The van der Waals surface area contributed by atoms with Crippen molar-refractivity contribution in [2.24, 2.45) is 0 Å². The van der Waals surface area contributed by atoms with Crippen LogP contribution in [0.15, 0.2) is 24.3 Å². The largest absolute Gasteiger partial charge is 0.395 e. The molecule has 84 valence electrons. The quantitative estimate of drug-likeness (QED) is 0.833. The molecule has 2 rings (SSSR count). The molecule has 1 aromatic carbocycles. The maximum atomic E-state index is 9.22. The highest BCUT2D eigenvalue weighted by atomic mass is 16.3. The molecule has 1 aliphatic heterocycles. The second-order valence-corrected chi connectivity index (χ2v) is 4.26. The number of hydrogen-bond donors (Lipinski definition) is 1. The van der Waals surface area contributed by atoms with Crippen LogP contribution in [0.5, 0.6) is 0 Å². The Hall–Kier alpha value is -1.37. The summed E-state index contributed by atoms with van der Waals surface area (Å²) in [7, 11) is 0. The maximum absolute atomic E-state index is 9.22. The molecule has 1 heterocycles. The van der Waals surface area contributed by atoms with Gasteiger partial charge in [0, 0.05) is 12.6 Å². The summed E-state index contributed by atoms with van der Waals surface area (Å²) in [4.78, 5) is 2.29. The van der Waals surface area contributed by atoms with Gasteiger partial charge in [-0.15, -0.1) is 0 Å². The molecule has 1 atom stereocenters. The fraction of sp³-hybridized carbons (Fsp3) is 0.462. The van der Waals surface area contributed by atoms with Crippen molar-refractivity contribution in [3.63, 3.8) is 0 Å². The van der Waals surface area contributed by atoms with Gasteiger partial charge in [0.25, 0.3) is 0 Å². The minimum atomic E-state index is 0.234. The van der Waals surface area contributed by atoms with Gasteiger partial charge >= 0.3 is 0 Å². The molecule has 0 radical (unpaired) electrons. The highest BCUT2D eigenvalue weighted by Crippen LogP contribution is 2.19. The van der Waals surface area contributed by atoms with Gasteiger partial charge in [0.15, 0.2) is 0 Å². The Labute approximate surface area is 95.9 Å². The Morgan fingerprint density at radius 3 is 3.12 bits per heavy atom. The van der Waals surface area contributed by atoms with Gasteiger partial charge in [-0.2, -0.15) is 5.26 Å². The van der Waals surface area contributed by atoms with Crippen molar-refractivity contribution >= 4 is 0 Å². The van der Waals surface area contributed by atoms with Crippen LogP contribution in [0.3, 0.4) is 0 Å². The van der Waals surface area contributed by atoms with E-state index in [1.54, 1.807) is 0 Å². The van der Waals surface area contributed by atoms with Crippen molar-refractivity contribution < 1.29 is 5.11 Å². The average Bonchev–Trinajstić information content (AvgIpc) is 2.76. The molecule has 0 bridgehead atoms. The van der Waals surface area contributed by atoms with Crippen LogP contribution in [0.25, 0.3) is 0 Å².